The minimum atomic E-state index is -0.376. The average molecular weight is 534 g/mol. The first kappa shape index (κ1) is 23.3. The molecule has 0 bridgehead atoms. The normalized spacial score (nSPS) is 15.7. The van der Waals surface area contributed by atoms with E-state index in [2.05, 4.69) is 163 Å². The largest absolute Gasteiger partial charge is 0.355 e. The molecular formula is C41H27N. The molecule has 0 aromatic heterocycles. The first-order valence-electron chi connectivity index (χ1n) is 14.6. The Bertz CT molecular complexity index is 2170. The van der Waals surface area contributed by atoms with Crippen molar-refractivity contribution in [2.75, 3.05) is 5.32 Å². The summed E-state index contributed by atoms with van der Waals surface area (Å²) in [5.41, 5.74) is 15.0. The molecule has 0 heterocycles. The van der Waals surface area contributed by atoms with E-state index in [-0.39, 0.29) is 5.41 Å². The maximum atomic E-state index is 3.90. The summed E-state index contributed by atoms with van der Waals surface area (Å²) in [7, 11) is 0. The maximum absolute atomic E-state index is 3.90. The lowest BCUT2D eigenvalue weighted by Crippen LogP contribution is -2.25. The number of anilines is 2. The number of hydrogen-bond donors (Lipinski definition) is 1. The van der Waals surface area contributed by atoms with Crippen LogP contribution in [0.1, 0.15) is 22.3 Å². The second-order valence-electron chi connectivity index (χ2n) is 11.3. The highest BCUT2D eigenvalue weighted by molar-refractivity contribution is 6.07. The minimum absolute atomic E-state index is 0.376. The molecule has 0 saturated carbocycles. The molecule has 9 rings (SSSR count). The molecule has 7 aromatic rings. The fraction of sp³-hybridized carbons (Fsp3) is 0.0244. The van der Waals surface area contributed by atoms with Gasteiger partial charge in [-0.1, -0.05) is 146 Å². The Balaban J connectivity index is 1.34. The van der Waals surface area contributed by atoms with Gasteiger partial charge in [-0.15, -0.1) is 0 Å². The zero-order valence-corrected chi connectivity index (χ0v) is 23.0. The van der Waals surface area contributed by atoms with E-state index in [1.54, 1.807) is 0 Å². The zero-order chi connectivity index (χ0) is 27.7. The molecule has 0 fully saturated rings. The molecule has 1 heteroatoms. The molecule has 0 amide bonds. The predicted octanol–water partition coefficient (Wildman–Crippen LogP) is 10.6. The zero-order valence-electron chi connectivity index (χ0n) is 23.0. The summed E-state index contributed by atoms with van der Waals surface area (Å²) in [6.45, 7) is 0. The van der Waals surface area contributed by atoms with Gasteiger partial charge in [-0.2, -0.15) is 0 Å². The quantitative estimate of drug-likeness (QED) is 0.238. The van der Waals surface area contributed by atoms with Gasteiger partial charge in [0.05, 0.1) is 5.41 Å². The van der Waals surface area contributed by atoms with Crippen molar-refractivity contribution in [3.63, 3.8) is 0 Å². The fourth-order valence-electron chi connectivity index (χ4n) is 7.67. The topological polar surface area (TPSA) is 12.0 Å². The van der Waals surface area contributed by atoms with Crippen molar-refractivity contribution in [2.45, 2.75) is 5.41 Å². The van der Waals surface area contributed by atoms with Crippen LogP contribution in [0.2, 0.25) is 0 Å². The summed E-state index contributed by atoms with van der Waals surface area (Å²) >= 11 is 0. The van der Waals surface area contributed by atoms with Crippen molar-refractivity contribution < 1.29 is 0 Å². The highest BCUT2D eigenvalue weighted by Crippen LogP contribution is 2.64. The molecule has 1 atom stereocenters. The van der Waals surface area contributed by atoms with Gasteiger partial charge in [-0.05, 0) is 67.4 Å². The van der Waals surface area contributed by atoms with Gasteiger partial charge in [0.1, 0.15) is 0 Å². The van der Waals surface area contributed by atoms with Gasteiger partial charge >= 0.3 is 0 Å². The second-order valence-corrected chi connectivity index (χ2v) is 11.3. The third kappa shape index (κ3) is 3.03. The molecule has 2 aliphatic carbocycles. The van der Waals surface area contributed by atoms with Gasteiger partial charge in [-0.25, -0.2) is 0 Å². The summed E-state index contributed by atoms with van der Waals surface area (Å²) in [6, 6.07) is 57.6. The third-order valence-electron chi connectivity index (χ3n) is 9.28. The summed E-state index contributed by atoms with van der Waals surface area (Å²) in [4.78, 5) is 0. The van der Waals surface area contributed by atoms with Crippen molar-refractivity contribution in [1.29, 1.82) is 0 Å². The predicted molar refractivity (Wildman–Crippen MR) is 175 cm³/mol. The van der Waals surface area contributed by atoms with Crippen LogP contribution in [0.25, 0.3) is 44.2 Å². The van der Waals surface area contributed by atoms with Crippen LogP contribution in [0.15, 0.2) is 158 Å². The Morgan fingerprint density at radius 1 is 0.357 bits per heavy atom. The van der Waals surface area contributed by atoms with E-state index < -0.39 is 0 Å². The number of fused-ring (bicyclic) bond motifs is 12. The van der Waals surface area contributed by atoms with Gasteiger partial charge < -0.3 is 5.32 Å². The summed E-state index contributed by atoms with van der Waals surface area (Å²) in [6.07, 6.45) is 0. The van der Waals surface area contributed by atoms with Crippen LogP contribution >= 0.6 is 0 Å². The standard InChI is InChI=1S/C41H27N/c1-2-13-27(14-3-1)29-16-8-11-23-37(29)42-38-24-12-22-35-40(38)32-19-7-10-21-34(32)41(35)33-20-9-6-18-31(33)39-30-17-5-4-15-28(30)25-26-36(39)41/h1-26,42H. The highest BCUT2D eigenvalue weighted by atomic mass is 14.9. The molecule has 1 nitrogen and oxygen atoms in total. The van der Waals surface area contributed by atoms with E-state index in [1.807, 2.05) is 0 Å². The van der Waals surface area contributed by atoms with Crippen LogP contribution in [-0.2, 0) is 5.41 Å². The Morgan fingerprint density at radius 3 is 1.74 bits per heavy atom. The molecule has 1 N–H and O–H groups in total. The van der Waals surface area contributed by atoms with Crippen LogP contribution in [0, 0.1) is 0 Å². The lowest BCUT2D eigenvalue weighted by Gasteiger charge is -2.30. The van der Waals surface area contributed by atoms with Gasteiger partial charge in [0.2, 0.25) is 0 Å². The molecule has 0 aliphatic heterocycles. The van der Waals surface area contributed by atoms with Gasteiger partial charge in [0.15, 0.2) is 0 Å². The van der Waals surface area contributed by atoms with E-state index in [0.717, 1.165) is 11.4 Å². The van der Waals surface area contributed by atoms with Crippen LogP contribution in [0.5, 0.6) is 0 Å². The Hall–Kier alpha value is -5.40. The van der Waals surface area contributed by atoms with Gasteiger partial charge in [0.25, 0.3) is 0 Å². The molecular weight excluding hydrogens is 506 g/mol. The van der Waals surface area contributed by atoms with E-state index in [1.165, 1.54) is 66.4 Å². The van der Waals surface area contributed by atoms with E-state index in [4.69, 9.17) is 0 Å². The molecule has 42 heavy (non-hydrogen) atoms. The Labute approximate surface area is 245 Å². The molecule has 2 aliphatic rings. The Morgan fingerprint density at radius 2 is 0.929 bits per heavy atom. The number of rotatable bonds is 3. The molecule has 7 aromatic carbocycles. The molecule has 1 spiro atoms. The summed E-state index contributed by atoms with van der Waals surface area (Å²) in [5, 5.41) is 6.49. The van der Waals surface area contributed by atoms with Gasteiger partial charge in [0, 0.05) is 22.5 Å². The average Bonchev–Trinajstić information content (AvgIpc) is 3.54. The lowest BCUT2D eigenvalue weighted by molar-refractivity contribution is 0.794. The van der Waals surface area contributed by atoms with Crippen molar-refractivity contribution in [1.82, 2.24) is 0 Å². The van der Waals surface area contributed by atoms with Crippen molar-refractivity contribution >= 4 is 22.1 Å². The molecule has 196 valence electrons. The second kappa shape index (κ2) is 8.80. The molecule has 1 unspecified atom stereocenters. The van der Waals surface area contributed by atoms with Gasteiger partial charge in [-0.3, -0.25) is 0 Å². The number of nitrogens with one attached hydrogen (secondary N) is 1. The van der Waals surface area contributed by atoms with Crippen LogP contribution in [0.3, 0.4) is 0 Å². The molecule has 0 saturated heterocycles. The van der Waals surface area contributed by atoms with Crippen LogP contribution < -0.4 is 5.32 Å². The third-order valence-corrected chi connectivity index (χ3v) is 9.28. The Kier molecular flexibility index (Phi) is 4.88. The van der Waals surface area contributed by atoms with E-state index in [9.17, 15) is 0 Å². The molecule has 0 radical (unpaired) electrons. The van der Waals surface area contributed by atoms with Crippen LogP contribution in [-0.4, -0.2) is 0 Å². The SMILES string of the molecule is c1ccc(-c2ccccc2Nc2cccc3c2-c2ccccc2C32c3ccccc3-c3c2ccc2ccccc32)cc1. The monoisotopic (exact) mass is 533 g/mol. The number of hydrogen-bond acceptors (Lipinski definition) is 1. The maximum Gasteiger partial charge on any atom is 0.0726 e. The van der Waals surface area contributed by atoms with Crippen LogP contribution in [0.4, 0.5) is 11.4 Å². The summed E-state index contributed by atoms with van der Waals surface area (Å²) in [5.74, 6) is 0. The summed E-state index contributed by atoms with van der Waals surface area (Å²) < 4.78 is 0. The van der Waals surface area contributed by atoms with E-state index >= 15 is 0 Å². The number of para-hydroxylation sites is 1. The van der Waals surface area contributed by atoms with E-state index in [0.29, 0.717) is 0 Å². The van der Waals surface area contributed by atoms with Crippen molar-refractivity contribution in [3.05, 3.63) is 180 Å². The smallest absolute Gasteiger partial charge is 0.0726 e. The minimum Gasteiger partial charge on any atom is -0.355 e. The van der Waals surface area contributed by atoms with Crippen molar-refractivity contribution in [2.24, 2.45) is 0 Å². The first-order chi connectivity index (χ1) is 20.9. The highest BCUT2D eigenvalue weighted by Gasteiger charge is 2.52. The number of benzene rings is 7. The lowest BCUT2D eigenvalue weighted by atomic mass is 9.70. The fourth-order valence-corrected chi connectivity index (χ4v) is 7.67. The van der Waals surface area contributed by atoms with Crippen molar-refractivity contribution in [3.8, 4) is 33.4 Å². The first-order valence-corrected chi connectivity index (χ1v) is 14.6.